The molecule has 0 aromatic carbocycles. The molecule has 0 aromatic rings. The molecule has 0 fully saturated rings. The summed E-state index contributed by atoms with van der Waals surface area (Å²) >= 11 is 1.31. The van der Waals surface area contributed by atoms with Crippen LogP contribution in [0.4, 0.5) is 0 Å². The average molecular weight is 192 g/mol. The van der Waals surface area contributed by atoms with Crippen molar-refractivity contribution in [3.63, 3.8) is 0 Å². The third-order valence-electron chi connectivity index (χ3n) is 1.69. The minimum absolute atomic E-state index is 0.0389. The number of carboxylic acids is 1. The average Bonchev–Trinajstić information content (AvgIpc) is 2.01. The van der Waals surface area contributed by atoms with Crippen molar-refractivity contribution >= 4 is 17.7 Å². The lowest BCUT2D eigenvalue weighted by Gasteiger charge is -2.22. The topological polar surface area (TPSA) is 57.5 Å². The van der Waals surface area contributed by atoms with Gasteiger partial charge in [-0.25, -0.2) is 0 Å². The van der Waals surface area contributed by atoms with Crippen molar-refractivity contribution in [2.45, 2.75) is 31.4 Å². The summed E-state index contributed by atoms with van der Waals surface area (Å²) in [6.07, 6.45) is 1.49. The predicted octanol–water partition coefficient (Wildman–Crippen LogP) is 1.36. The van der Waals surface area contributed by atoms with E-state index in [0.717, 1.165) is 6.42 Å². The van der Waals surface area contributed by atoms with E-state index in [0.29, 0.717) is 12.2 Å². The first-order valence-electron chi connectivity index (χ1n) is 4.05. The van der Waals surface area contributed by atoms with Gasteiger partial charge in [-0.1, -0.05) is 13.3 Å². The smallest absolute Gasteiger partial charge is 0.319 e. The Hall–Kier alpha value is -0.220. The number of rotatable bonds is 6. The molecule has 0 aliphatic rings. The summed E-state index contributed by atoms with van der Waals surface area (Å²) in [5.74, 6) is -0.300. The van der Waals surface area contributed by atoms with Crippen molar-refractivity contribution in [3.05, 3.63) is 0 Å². The largest absolute Gasteiger partial charge is 0.480 e. The number of thioether (sulfide) groups is 1. The zero-order chi connectivity index (χ0) is 9.61. The fraction of sp³-hybridized carbons (Fsp3) is 0.875. The van der Waals surface area contributed by atoms with E-state index in [1.165, 1.54) is 11.8 Å². The molecular weight excluding hydrogens is 176 g/mol. The van der Waals surface area contributed by atoms with Crippen LogP contribution in [0.25, 0.3) is 0 Å². The number of carbonyl (C=O) groups is 1. The number of hydrogen-bond acceptors (Lipinski definition) is 3. The van der Waals surface area contributed by atoms with Crippen LogP contribution in [-0.2, 0) is 4.79 Å². The van der Waals surface area contributed by atoms with E-state index < -0.39 is 10.7 Å². The minimum Gasteiger partial charge on any atom is -0.480 e. The summed E-state index contributed by atoms with van der Waals surface area (Å²) in [6, 6.07) is 0. The minimum atomic E-state index is -0.789. The first kappa shape index (κ1) is 11.8. The molecule has 4 heteroatoms. The predicted molar refractivity (Wildman–Crippen MR) is 50.5 cm³/mol. The zero-order valence-corrected chi connectivity index (χ0v) is 8.36. The summed E-state index contributed by atoms with van der Waals surface area (Å²) in [6.45, 7) is 3.71. The lowest BCUT2D eigenvalue weighted by molar-refractivity contribution is -0.139. The van der Waals surface area contributed by atoms with Gasteiger partial charge in [0.15, 0.2) is 0 Å². The summed E-state index contributed by atoms with van der Waals surface area (Å²) in [4.78, 5) is 10.8. The summed E-state index contributed by atoms with van der Waals surface area (Å²) < 4.78 is -0.725. The summed E-state index contributed by atoms with van der Waals surface area (Å²) in [5, 5.41) is 17.5. The first-order valence-corrected chi connectivity index (χ1v) is 5.03. The second-order valence-corrected chi connectivity index (χ2v) is 4.46. The molecular formula is C8H16O3S. The molecule has 0 spiro atoms. The summed E-state index contributed by atoms with van der Waals surface area (Å²) in [7, 11) is 0. The Balaban J connectivity index is 4.08. The number of aliphatic hydroxyl groups excluding tert-OH is 1. The fourth-order valence-electron chi connectivity index (χ4n) is 0.989. The molecule has 0 bridgehead atoms. The molecule has 0 rings (SSSR count). The van der Waals surface area contributed by atoms with Gasteiger partial charge in [0, 0.05) is 5.75 Å². The van der Waals surface area contributed by atoms with E-state index in [-0.39, 0.29) is 6.61 Å². The normalized spacial score (nSPS) is 15.6. The SMILES string of the molecule is CCCC(C)(SCCO)C(=O)O. The van der Waals surface area contributed by atoms with Gasteiger partial charge in [-0.3, -0.25) is 4.79 Å². The Morgan fingerprint density at radius 2 is 2.17 bits per heavy atom. The molecule has 3 nitrogen and oxygen atoms in total. The van der Waals surface area contributed by atoms with E-state index in [9.17, 15) is 4.79 Å². The summed E-state index contributed by atoms with van der Waals surface area (Å²) in [5.41, 5.74) is 0. The molecule has 0 amide bonds. The van der Waals surface area contributed by atoms with E-state index in [4.69, 9.17) is 10.2 Å². The Labute approximate surface area is 77.2 Å². The van der Waals surface area contributed by atoms with Crippen LogP contribution in [0.1, 0.15) is 26.7 Å². The second kappa shape index (κ2) is 5.43. The van der Waals surface area contributed by atoms with Crippen molar-refractivity contribution in [1.29, 1.82) is 0 Å². The Morgan fingerprint density at radius 3 is 2.50 bits per heavy atom. The van der Waals surface area contributed by atoms with Crippen LogP contribution in [0.2, 0.25) is 0 Å². The van der Waals surface area contributed by atoms with Crippen LogP contribution in [0.5, 0.6) is 0 Å². The van der Waals surface area contributed by atoms with Gasteiger partial charge in [0.2, 0.25) is 0 Å². The molecule has 0 aliphatic heterocycles. The number of carboxylic acid groups (broad SMARTS) is 1. The molecule has 1 unspecified atom stereocenters. The molecule has 12 heavy (non-hydrogen) atoms. The molecule has 0 radical (unpaired) electrons. The van der Waals surface area contributed by atoms with Gasteiger partial charge < -0.3 is 10.2 Å². The fourth-order valence-corrected chi connectivity index (χ4v) is 2.00. The van der Waals surface area contributed by atoms with Crippen molar-refractivity contribution in [2.24, 2.45) is 0 Å². The lowest BCUT2D eigenvalue weighted by atomic mass is 10.1. The van der Waals surface area contributed by atoms with E-state index in [1.54, 1.807) is 6.92 Å². The van der Waals surface area contributed by atoms with Gasteiger partial charge >= 0.3 is 5.97 Å². The van der Waals surface area contributed by atoms with Crippen LogP contribution in [-0.4, -0.2) is 33.3 Å². The van der Waals surface area contributed by atoms with E-state index in [1.807, 2.05) is 6.92 Å². The van der Waals surface area contributed by atoms with Crippen molar-refractivity contribution < 1.29 is 15.0 Å². The quantitative estimate of drug-likeness (QED) is 0.667. The highest BCUT2D eigenvalue weighted by molar-refractivity contribution is 8.01. The Bertz CT molecular complexity index is 149. The molecule has 0 aromatic heterocycles. The Kier molecular flexibility index (Phi) is 5.33. The van der Waals surface area contributed by atoms with Crippen LogP contribution >= 0.6 is 11.8 Å². The lowest BCUT2D eigenvalue weighted by Crippen LogP contribution is -2.31. The van der Waals surface area contributed by atoms with Crippen molar-refractivity contribution in [3.8, 4) is 0 Å². The van der Waals surface area contributed by atoms with Gasteiger partial charge in [0.1, 0.15) is 4.75 Å². The highest BCUT2D eigenvalue weighted by Crippen LogP contribution is 2.29. The third kappa shape index (κ3) is 3.45. The van der Waals surface area contributed by atoms with Crippen LogP contribution in [0, 0.1) is 0 Å². The maximum Gasteiger partial charge on any atom is 0.319 e. The maximum absolute atomic E-state index is 10.8. The van der Waals surface area contributed by atoms with Crippen molar-refractivity contribution in [2.75, 3.05) is 12.4 Å². The molecule has 0 aliphatic carbocycles. The highest BCUT2D eigenvalue weighted by Gasteiger charge is 2.32. The van der Waals surface area contributed by atoms with Crippen LogP contribution < -0.4 is 0 Å². The van der Waals surface area contributed by atoms with Gasteiger partial charge in [0.05, 0.1) is 6.61 Å². The van der Waals surface area contributed by atoms with Crippen molar-refractivity contribution in [1.82, 2.24) is 0 Å². The zero-order valence-electron chi connectivity index (χ0n) is 7.54. The molecule has 72 valence electrons. The number of aliphatic hydroxyl groups is 1. The van der Waals surface area contributed by atoms with Crippen LogP contribution in [0.3, 0.4) is 0 Å². The molecule has 2 N–H and O–H groups in total. The van der Waals surface area contributed by atoms with Gasteiger partial charge in [0.25, 0.3) is 0 Å². The molecule has 0 saturated carbocycles. The maximum atomic E-state index is 10.8. The van der Waals surface area contributed by atoms with Gasteiger partial charge in [-0.05, 0) is 13.3 Å². The first-order chi connectivity index (χ1) is 5.56. The van der Waals surface area contributed by atoms with Gasteiger partial charge in [-0.15, -0.1) is 11.8 Å². The molecule has 1 atom stereocenters. The van der Waals surface area contributed by atoms with Crippen LogP contribution in [0.15, 0.2) is 0 Å². The second-order valence-electron chi connectivity index (χ2n) is 2.86. The van der Waals surface area contributed by atoms with E-state index in [2.05, 4.69) is 0 Å². The molecule has 0 saturated heterocycles. The number of hydrogen-bond donors (Lipinski definition) is 2. The number of aliphatic carboxylic acids is 1. The van der Waals surface area contributed by atoms with E-state index >= 15 is 0 Å². The molecule has 0 heterocycles. The third-order valence-corrected chi connectivity index (χ3v) is 3.09. The standard InChI is InChI=1S/C8H16O3S/c1-3-4-8(2,7(10)11)12-6-5-9/h9H,3-6H2,1-2H3,(H,10,11). The Morgan fingerprint density at radius 1 is 1.58 bits per heavy atom. The highest BCUT2D eigenvalue weighted by atomic mass is 32.2. The van der Waals surface area contributed by atoms with Gasteiger partial charge in [-0.2, -0.15) is 0 Å². The monoisotopic (exact) mass is 192 g/mol.